The maximum absolute atomic E-state index is 12.7. The lowest BCUT2D eigenvalue weighted by molar-refractivity contribution is 0.0451. The molecule has 1 amide bonds. The number of hydrogen-bond donors (Lipinski definition) is 1. The highest BCUT2D eigenvalue weighted by Gasteiger charge is 2.26. The Labute approximate surface area is 148 Å². The van der Waals surface area contributed by atoms with Gasteiger partial charge in [-0.05, 0) is 24.8 Å². The van der Waals surface area contributed by atoms with Crippen LogP contribution in [0.15, 0.2) is 18.5 Å². The Morgan fingerprint density at radius 1 is 1.36 bits per heavy atom. The van der Waals surface area contributed by atoms with Crippen LogP contribution in [0.5, 0.6) is 0 Å². The fourth-order valence-corrected chi connectivity index (χ4v) is 3.62. The van der Waals surface area contributed by atoms with Gasteiger partial charge >= 0.3 is 0 Å². The van der Waals surface area contributed by atoms with Crippen LogP contribution in [-0.4, -0.2) is 50.4 Å². The summed E-state index contributed by atoms with van der Waals surface area (Å²) in [5, 5.41) is 15.4. The number of fused-ring (bicyclic) bond motifs is 1. The molecule has 1 aliphatic rings. The van der Waals surface area contributed by atoms with Gasteiger partial charge in [0.2, 0.25) is 0 Å². The molecule has 2 aromatic rings. The van der Waals surface area contributed by atoms with E-state index in [9.17, 15) is 9.90 Å². The molecule has 2 heterocycles. The van der Waals surface area contributed by atoms with Gasteiger partial charge in [-0.2, -0.15) is 5.10 Å². The van der Waals surface area contributed by atoms with Crippen molar-refractivity contribution in [3.05, 3.63) is 24.0 Å². The molecule has 1 saturated carbocycles. The lowest BCUT2D eigenvalue weighted by Gasteiger charge is -2.31. The predicted octanol–water partition coefficient (Wildman–Crippen LogP) is 2.71. The molecule has 0 bridgehead atoms. The summed E-state index contributed by atoms with van der Waals surface area (Å²) in [6.45, 7) is 5.67. The molecular formula is C19H28N4O2. The molecule has 1 N–H and O–H groups in total. The van der Waals surface area contributed by atoms with Crippen LogP contribution in [0.1, 0.15) is 49.9 Å². The minimum Gasteiger partial charge on any atom is -0.393 e. The lowest BCUT2D eigenvalue weighted by Crippen LogP contribution is -2.38. The molecule has 1 aliphatic carbocycles. The first-order valence-electron chi connectivity index (χ1n) is 9.20. The van der Waals surface area contributed by atoms with E-state index in [0.29, 0.717) is 18.0 Å². The molecule has 1 fully saturated rings. The number of aromatic nitrogens is 3. The normalized spacial score (nSPS) is 21.0. The lowest BCUT2D eigenvalue weighted by atomic mass is 9.86. The largest absolute Gasteiger partial charge is 0.393 e. The third kappa shape index (κ3) is 4.00. The number of aliphatic hydroxyl groups is 1. The van der Waals surface area contributed by atoms with Gasteiger partial charge in [-0.1, -0.05) is 26.7 Å². The number of carbonyl (C=O) groups is 1. The van der Waals surface area contributed by atoms with E-state index in [0.717, 1.165) is 43.3 Å². The first-order chi connectivity index (χ1) is 12.0. The van der Waals surface area contributed by atoms with Crippen LogP contribution in [0.4, 0.5) is 0 Å². The molecule has 0 aliphatic heterocycles. The molecule has 0 spiro atoms. The van der Waals surface area contributed by atoms with Crippen LogP contribution in [0, 0.1) is 11.8 Å². The Morgan fingerprint density at radius 2 is 2.12 bits per heavy atom. The smallest absolute Gasteiger partial charge is 0.255 e. The summed E-state index contributed by atoms with van der Waals surface area (Å²) in [5.74, 6) is 0.608. The van der Waals surface area contributed by atoms with Gasteiger partial charge in [0.25, 0.3) is 5.91 Å². The number of amides is 1. The summed E-state index contributed by atoms with van der Waals surface area (Å²) < 4.78 is 1.89. The number of hydrogen-bond acceptors (Lipinski definition) is 4. The van der Waals surface area contributed by atoms with Crippen LogP contribution in [0.3, 0.4) is 0 Å². The predicted molar refractivity (Wildman–Crippen MR) is 97.3 cm³/mol. The summed E-state index contributed by atoms with van der Waals surface area (Å²) in [7, 11) is 1.80. The minimum absolute atomic E-state index is 0.0521. The fourth-order valence-electron chi connectivity index (χ4n) is 3.62. The second-order valence-electron chi connectivity index (χ2n) is 7.65. The molecule has 2 aromatic heterocycles. The third-order valence-corrected chi connectivity index (χ3v) is 4.98. The van der Waals surface area contributed by atoms with Gasteiger partial charge in [0.15, 0.2) is 5.65 Å². The number of carbonyl (C=O) groups excluding carboxylic acids is 1. The molecule has 0 aromatic carbocycles. The highest BCUT2D eigenvalue weighted by Crippen LogP contribution is 2.25. The first-order valence-corrected chi connectivity index (χ1v) is 9.20. The van der Waals surface area contributed by atoms with Crippen molar-refractivity contribution >= 4 is 16.9 Å². The molecule has 2 unspecified atom stereocenters. The van der Waals surface area contributed by atoms with Gasteiger partial charge in [0.1, 0.15) is 0 Å². The molecular weight excluding hydrogens is 316 g/mol. The van der Waals surface area contributed by atoms with E-state index in [-0.39, 0.29) is 17.9 Å². The van der Waals surface area contributed by atoms with Gasteiger partial charge in [-0.15, -0.1) is 0 Å². The van der Waals surface area contributed by atoms with Gasteiger partial charge in [0, 0.05) is 37.6 Å². The van der Waals surface area contributed by atoms with Crippen LogP contribution >= 0.6 is 0 Å². The molecule has 6 heteroatoms. The van der Waals surface area contributed by atoms with Crippen molar-refractivity contribution in [2.24, 2.45) is 11.8 Å². The zero-order valence-corrected chi connectivity index (χ0v) is 15.4. The van der Waals surface area contributed by atoms with E-state index < -0.39 is 0 Å². The Balaban J connectivity index is 1.73. The summed E-state index contributed by atoms with van der Waals surface area (Å²) in [5.41, 5.74) is 1.39. The molecule has 136 valence electrons. The zero-order valence-electron chi connectivity index (χ0n) is 15.4. The van der Waals surface area contributed by atoms with Crippen molar-refractivity contribution in [2.75, 3.05) is 13.6 Å². The van der Waals surface area contributed by atoms with Crippen molar-refractivity contribution < 1.29 is 9.90 Å². The zero-order chi connectivity index (χ0) is 18.0. The number of rotatable bonds is 5. The molecule has 0 radical (unpaired) electrons. The monoisotopic (exact) mass is 344 g/mol. The topological polar surface area (TPSA) is 71.2 Å². The Morgan fingerprint density at radius 3 is 2.84 bits per heavy atom. The third-order valence-electron chi connectivity index (χ3n) is 4.98. The second kappa shape index (κ2) is 7.52. The molecule has 3 rings (SSSR count). The van der Waals surface area contributed by atoms with Crippen LogP contribution in [0.2, 0.25) is 0 Å². The van der Waals surface area contributed by atoms with Crippen LogP contribution in [0.25, 0.3) is 11.0 Å². The van der Waals surface area contributed by atoms with Gasteiger partial charge < -0.3 is 10.0 Å². The SMILES string of the molecule is CC(C)Cn1ncc2cc(C(=O)N(C)CC3CCCCC3O)cnc21. The Bertz CT molecular complexity index is 740. The van der Waals surface area contributed by atoms with E-state index in [1.807, 2.05) is 10.7 Å². The standard InChI is InChI=1S/C19H28N4O2/c1-13(2)11-23-18-15(10-21-23)8-16(9-20-18)19(25)22(3)12-14-6-4-5-7-17(14)24/h8-10,13-14,17,24H,4-7,11-12H2,1-3H3. The van der Waals surface area contributed by atoms with Crippen molar-refractivity contribution in [3.63, 3.8) is 0 Å². The average molecular weight is 344 g/mol. The highest BCUT2D eigenvalue weighted by atomic mass is 16.3. The highest BCUT2D eigenvalue weighted by molar-refractivity contribution is 5.96. The van der Waals surface area contributed by atoms with Crippen molar-refractivity contribution in [1.82, 2.24) is 19.7 Å². The molecule has 0 saturated heterocycles. The van der Waals surface area contributed by atoms with E-state index in [2.05, 4.69) is 23.9 Å². The van der Waals surface area contributed by atoms with Gasteiger partial charge in [-0.25, -0.2) is 9.67 Å². The van der Waals surface area contributed by atoms with E-state index in [1.165, 1.54) is 0 Å². The average Bonchev–Trinajstić information content (AvgIpc) is 2.97. The van der Waals surface area contributed by atoms with Gasteiger partial charge in [0.05, 0.1) is 17.9 Å². The Kier molecular flexibility index (Phi) is 5.37. The minimum atomic E-state index is -0.293. The second-order valence-corrected chi connectivity index (χ2v) is 7.65. The molecule has 6 nitrogen and oxygen atoms in total. The van der Waals surface area contributed by atoms with E-state index in [4.69, 9.17) is 0 Å². The number of pyridine rings is 1. The summed E-state index contributed by atoms with van der Waals surface area (Å²) in [6.07, 6.45) is 7.15. The summed E-state index contributed by atoms with van der Waals surface area (Å²) >= 11 is 0. The molecule has 2 atom stereocenters. The van der Waals surface area contributed by atoms with E-state index >= 15 is 0 Å². The fraction of sp³-hybridized carbons (Fsp3) is 0.632. The van der Waals surface area contributed by atoms with Crippen molar-refractivity contribution in [3.8, 4) is 0 Å². The first kappa shape index (κ1) is 17.9. The van der Waals surface area contributed by atoms with Crippen LogP contribution in [-0.2, 0) is 6.54 Å². The number of aliphatic hydroxyl groups excluding tert-OH is 1. The summed E-state index contributed by atoms with van der Waals surface area (Å²) in [4.78, 5) is 18.9. The molecule has 25 heavy (non-hydrogen) atoms. The van der Waals surface area contributed by atoms with Gasteiger partial charge in [-0.3, -0.25) is 4.79 Å². The van der Waals surface area contributed by atoms with E-state index in [1.54, 1.807) is 24.3 Å². The quantitative estimate of drug-likeness (QED) is 0.905. The maximum Gasteiger partial charge on any atom is 0.255 e. The van der Waals surface area contributed by atoms with Crippen molar-refractivity contribution in [2.45, 2.75) is 52.2 Å². The number of nitrogens with zero attached hydrogens (tertiary/aromatic N) is 4. The maximum atomic E-state index is 12.7. The summed E-state index contributed by atoms with van der Waals surface area (Å²) in [6, 6.07) is 1.86. The van der Waals surface area contributed by atoms with Crippen LogP contribution < -0.4 is 0 Å². The Hall–Kier alpha value is -1.95. The van der Waals surface area contributed by atoms with Crippen molar-refractivity contribution in [1.29, 1.82) is 0 Å².